The fraction of sp³-hybridized carbons (Fsp3) is 0.471. The van der Waals surface area contributed by atoms with Gasteiger partial charge >= 0.3 is 6.09 Å². The Hall–Kier alpha value is -1.85. The average molecular weight is 303 g/mol. The molecule has 1 aliphatic heterocycles. The Morgan fingerprint density at radius 3 is 3.00 bits per heavy atom. The number of piperazine rings is 1. The number of ether oxygens (including phenoxy) is 1. The summed E-state index contributed by atoms with van der Waals surface area (Å²) in [4.78, 5) is 14.1. The minimum absolute atomic E-state index is 0.155. The summed E-state index contributed by atoms with van der Waals surface area (Å²) in [6.07, 6.45) is 1.16. The van der Waals surface area contributed by atoms with Crippen molar-refractivity contribution >= 4 is 6.09 Å². The van der Waals surface area contributed by atoms with Gasteiger partial charge in [0.1, 0.15) is 6.61 Å². The number of alkyl carbamates (subject to hydrolysis) is 1. The lowest BCUT2D eigenvalue weighted by Crippen LogP contribution is -2.52. The Labute approximate surface area is 132 Å². The van der Waals surface area contributed by atoms with Crippen LogP contribution in [0.15, 0.2) is 43.0 Å². The summed E-state index contributed by atoms with van der Waals surface area (Å²) in [6, 6.07) is 10.9. The van der Waals surface area contributed by atoms with Gasteiger partial charge in [0.2, 0.25) is 0 Å². The Morgan fingerprint density at radius 1 is 1.55 bits per heavy atom. The molecule has 0 aromatic heterocycles. The fourth-order valence-electron chi connectivity index (χ4n) is 2.74. The number of amides is 1. The highest BCUT2D eigenvalue weighted by Gasteiger charge is 2.25. The second-order valence-electron chi connectivity index (χ2n) is 5.54. The number of nitrogens with zero attached hydrogens (tertiary/aromatic N) is 1. The predicted molar refractivity (Wildman–Crippen MR) is 87.8 cm³/mol. The van der Waals surface area contributed by atoms with Crippen molar-refractivity contribution in [3.05, 3.63) is 48.6 Å². The molecule has 0 unspecified atom stereocenters. The molecule has 2 atom stereocenters. The third-order valence-electron chi connectivity index (χ3n) is 3.80. The van der Waals surface area contributed by atoms with Crippen LogP contribution in [0, 0.1) is 0 Å². The molecule has 1 amide bonds. The molecule has 2 rings (SSSR count). The number of hydrogen-bond donors (Lipinski definition) is 2. The molecule has 1 fully saturated rings. The highest BCUT2D eigenvalue weighted by Crippen LogP contribution is 2.21. The van der Waals surface area contributed by atoms with Gasteiger partial charge in [-0.1, -0.05) is 43.0 Å². The fourth-order valence-corrected chi connectivity index (χ4v) is 2.74. The summed E-state index contributed by atoms with van der Waals surface area (Å²) in [5, 5.41) is 6.30. The molecule has 0 aliphatic carbocycles. The number of benzene rings is 1. The van der Waals surface area contributed by atoms with Gasteiger partial charge < -0.3 is 15.4 Å². The maximum Gasteiger partial charge on any atom is 0.407 e. The first kappa shape index (κ1) is 16.5. The molecular weight excluding hydrogens is 278 g/mol. The molecule has 0 spiro atoms. The summed E-state index contributed by atoms with van der Waals surface area (Å²) in [5.41, 5.74) is 1.21. The topological polar surface area (TPSA) is 53.6 Å². The lowest BCUT2D eigenvalue weighted by Gasteiger charge is -2.38. The van der Waals surface area contributed by atoms with E-state index in [1.54, 1.807) is 6.08 Å². The standard InChI is InChI=1S/C17H25N3O2/c1-3-11-22-17(21)19-12-16(15-7-5-4-6-8-15)20-10-9-18-14(2)13-20/h3-8,14,16,18H,1,9-13H2,2H3,(H,19,21)/t14-,16-/m1/s1. The molecule has 22 heavy (non-hydrogen) atoms. The zero-order valence-corrected chi connectivity index (χ0v) is 13.1. The zero-order chi connectivity index (χ0) is 15.8. The predicted octanol–water partition coefficient (Wildman–Crippen LogP) is 1.93. The lowest BCUT2D eigenvalue weighted by molar-refractivity contribution is 0.132. The molecule has 1 aromatic rings. The van der Waals surface area contributed by atoms with Crippen molar-refractivity contribution in [2.75, 3.05) is 32.8 Å². The molecule has 5 heteroatoms. The van der Waals surface area contributed by atoms with Crippen molar-refractivity contribution in [2.24, 2.45) is 0 Å². The third-order valence-corrected chi connectivity index (χ3v) is 3.80. The summed E-state index contributed by atoms with van der Waals surface area (Å²) in [6.45, 7) is 9.37. The Bertz CT molecular complexity index is 478. The molecule has 0 saturated carbocycles. The van der Waals surface area contributed by atoms with Gasteiger partial charge in [0.15, 0.2) is 0 Å². The van der Waals surface area contributed by atoms with Crippen LogP contribution in [0.3, 0.4) is 0 Å². The molecule has 120 valence electrons. The minimum Gasteiger partial charge on any atom is -0.445 e. The highest BCUT2D eigenvalue weighted by atomic mass is 16.5. The number of carbonyl (C=O) groups excluding carboxylic acids is 1. The first-order chi connectivity index (χ1) is 10.7. The summed E-state index contributed by atoms with van der Waals surface area (Å²) >= 11 is 0. The van der Waals surface area contributed by atoms with Crippen LogP contribution in [-0.2, 0) is 4.74 Å². The average Bonchev–Trinajstić information content (AvgIpc) is 2.54. The van der Waals surface area contributed by atoms with Crippen LogP contribution < -0.4 is 10.6 Å². The van der Waals surface area contributed by atoms with Crippen LogP contribution in [-0.4, -0.2) is 49.8 Å². The van der Waals surface area contributed by atoms with Gasteiger partial charge in [-0.05, 0) is 12.5 Å². The van der Waals surface area contributed by atoms with Crippen LogP contribution in [0.25, 0.3) is 0 Å². The highest BCUT2D eigenvalue weighted by molar-refractivity contribution is 5.67. The van der Waals surface area contributed by atoms with E-state index in [1.807, 2.05) is 18.2 Å². The quantitative estimate of drug-likeness (QED) is 0.789. The van der Waals surface area contributed by atoms with Gasteiger partial charge in [-0.25, -0.2) is 4.79 Å². The molecule has 0 bridgehead atoms. The second kappa shape index (κ2) is 8.56. The SMILES string of the molecule is C=CCOC(=O)NC[C@H](c1ccccc1)N1CCN[C@H](C)C1. The maximum absolute atomic E-state index is 11.7. The van der Waals surface area contributed by atoms with Crippen molar-refractivity contribution in [3.63, 3.8) is 0 Å². The van der Waals surface area contributed by atoms with Crippen molar-refractivity contribution in [3.8, 4) is 0 Å². The van der Waals surface area contributed by atoms with Crippen LogP contribution >= 0.6 is 0 Å². The van der Waals surface area contributed by atoms with E-state index in [0.717, 1.165) is 19.6 Å². The molecular formula is C17H25N3O2. The lowest BCUT2D eigenvalue weighted by atomic mass is 10.0. The van der Waals surface area contributed by atoms with Gasteiger partial charge in [0.05, 0.1) is 6.04 Å². The van der Waals surface area contributed by atoms with Crippen molar-refractivity contribution < 1.29 is 9.53 Å². The van der Waals surface area contributed by atoms with Gasteiger partial charge in [0, 0.05) is 32.2 Å². The van der Waals surface area contributed by atoms with E-state index in [4.69, 9.17) is 4.74 Å². The number of nitrogens with one attached hydrogen (secondary N) is 2. The molecule has 1 aliphatic rings. The first-order valence-electron chi connectivity index (χ1n) is 7.74. The molecule has 1 saturated heterocycles. The summed E-state index contributed by atoms with van der Waals surface area (Å²) in [7, 11) is 0. The van der Waals surface area contributed by atoms with Gasteiger partial charge in [-0.2, -0.15) is 0 Å². The zero-order valence-electron chi connectivity index (χ0n) is 13.1. The van der Waals surface area contributed by atoms with Gasteiger partial charge in [-0.3, -0.25) is 4.90 Å². The van der Waals surface area contributed by atoms with Crippen molar-refractivity contribution in [1.29, 1.82) is 0 Å². The summed E-state index contributed by atoms with van der Waals surface area (Å²) < 4.78 is 4.99. The van der Waals surface area contributed by atoms with E-state index >= 15 is 0 Å². The number of rotatable bonds is 6. The minimum atomic E-state index is -0.399. The maximum atomic E-state index is 11.7. The summed E-state index contributed by atoms with van der Waals surface area (Å²) in [5.74, 6) is 0. The Balaban J connectivity index is 2.02. The molecule has 0 radical (unpaired) electrons. The van der Waals surface area contributed by atoms with E-state index in [2.05, 4.69) is 41.2 Å². The van der Waals surface area contributed by atoms with Gasteiger partial charge in [0.25, 0.3) is 0 Å². The molecule has 1 heterocycles. The van der Waals surface area contributed by atoms with E-state index < -0.39 is 6.09 Å². The molecule has 1 aromatic carbocycles. The van der Waals surface area contributed by atoms with E-state index in [1.165, 1.54) is 5.56 Å². The first-order valence-corrected chi connectivity index (χ1v) is 7.74. The monoisotopic (exact) mass is 303 g/mol. The van der Waals surface area contributed by atoms with Crippen molar-refractivity contribution in [2.45, 2.75) is 19.0 Å². The third kappa shape index (κ3) is 4.86. The van der Waals surface area contributed by atoms with E-state index in [9.17, 15) is 4.79 Å². The Kier molecular flexibility index (Phi) is 6.43. The smallest absolute Gasteiger partial charge is 0.407 e. The number of hydrogen-bond acceptors (Lipinski definition) is 4. The van der Waals surface area contributed by atoms with Crippen LogP contribution in [0.1, 0.15) is 18.5 Å². The van der Waals surface area contributed by atoms with Crippen LogP contribution in [0.5, 0.6) is 0 Å². The normalized spacial score (nSPS) is 20.1. The van der Waals surface area contributed by atoms with Crippen molar-refractivity contribution in [1.82, 2.24) is 15.5 Å². The Morgan fingerprint density at radius 2 is 2.32 bits per heavy atom. The van der Waals surface area contributed by atoms with Crippen LogP contribution in [0.2, 0.25) is 0 Å². The van der Waals surface area contributed by atoms with Crippen LogP contribution in [0.4, 0.5) is 4.79 Å². The number of carbonyl (C=O) groups is 1. The van der Waals surface area contributed by atoms with Gasteiger partial charge in [-0.15, -0.1) is 0 Å². The molecule has 5 nitrogen and oxygen atoms in total. The second-order valence-corrected chi connectivity index (χ2v) is 5.54. The van der Waals surface area contributed by atoms with E-state index in [-0.39, 0.29) is 12.6 Å². The van der Waals surface area contributed by atoms with E-state index in [0.29, 0.717) is 12.6 Å². The molecule has 2 N–H and O–H groups in total. The largest absolute Gasteiger partial charge is 0.445 e.